The van der Waals surface area contributed by atoms with Gasteiger partial charge in [0.2, 0.25) is 5.91 Å². The highest BCUT2D eigenvalue weighted by molar-refractivity contribution is 6.44. The van der Waals surface area contributed by atoms with Crippen molar-refractivity contribution in [1.82, 2.24) is 4.90 Å². The Morgan fingerprint density at radius 3 is 2.48 bits per heavy atom. The molecule has 2 aromatic carbocycles. The molecule has 2 aromatic rings. The predicted octanol–water partition coefficient (Wildman–Crippen LogP) is 2.51. The van der Waals surface area contributed by atoms with Crippen LogP contribution >= 0.6 is 0 Å². The Kier molecular flexibility index (Phi) is 5.30. The molecule has 0 aliphatic carbocycles. The van der Waals surface area contributed by atoms with Crippen LogP contribution in [0.5, 0.6) is 0 Å². The molecule has 1 heterocycles. The highest BCUT2D eigenvalue weighted by atomic mass is 16.2. The van der Waals surface area contributed by atoms with Crippen molar-refractivity contribution in [3.63, 3.8) is 0 Å². The Balaban J connectivity index is 1.79. The van der Waals surface area contributed by atoms with E-state index in [-0.39, 0.29) is 30.4 Å². The summed E-state index contributed by atoms with van der Waals surface area (Å²) in [5.41, 5.74) is 1.86. The fraction of sp³-hybridized carbons (Fsp3) is 0.200. The van der Waals surface area contributed by atoms with Gasteiger partial charge in [0.1, 0.15) is 5.71 Å². The molecule has 0 unspecified atom stereocenters. The van der Waals surface area contributed by atoms with Crippen LogP contribution in [0.4, 0.5) is 11.4 Å². The molecule has 3 amide bonds. The van der Waals surface area contributed by atoms with Crippen molar-refractivity contribution in [3.05, 3.63) is 60.2 Å². The highest BCUT2D eigenvalue weighted by Crippen LogP contribution is 2.20. The number of benzene rings is 2. The van der Waals surface area contributed by atoms with Crippen LogP contribution in [0.2, 0.25) is 0 Å². The van der Waals surface area contributed by atoms with Crippen molar-refractivity contribution in [2.45, 2.75) is 12.8 Å². The van der Waals surface area contributed by atoms with E-state index in [1.165, 1.54) is 9.91 Å². The van der Waals surface area contributed by atoms with E-state index in [0.29, 0.717) is 16.9 Å². The third-order valence-corrected chi connectivity index (χ3v) is 4.07. The molecule has 27 heavy (non-hydrogen) atoms. The lowest BCUT2D eigenvalue weighted by molar-refractivity contribution is -0.118. The third-order valence-electron chi connectivity index (χ3n) is 4.07. The van der Waals surface area contributed by atoms with Crippen molar-refractivity contribution < 1.29 is 14.4 Å². The lowest BCUT2D eigenvalue weighted by Crippen LogP contribution is -2.36. The maximum atomic E-state index is 12.6. The van der Waals surface area contributed by atoms with Crippen LogP contribution in [0.25, 0.3) is 0 Å². The number of anilines is 2. The standard InChI is InChI=1S/C20H20N4O3/c1-23(2)20(27)14-7-6-8-15(13-14)21-19(26)17-11-12-18(25)24(22-17)16-9-4-3-5-10-16/h3-10,13H,11-12H2,1-2H3,(H,21,26). The van der Waals surface area contributed by atoms with Gasteiger partial charge in [0.05, 0.1) is 5.69 Å². The molecule has 0 saturated carbocycles. The SMILES string of the molecule is CN(C)C(=O)c1cccc(NC(=O)C2=NN(c3ccccc3)C(=O)CC2)c1. The number of carbonyl (C=O) groups excluding carboxylic acids is 3. The van der Waals surface area contributed by atoms with Crippen molar-refractivity contribution in [2.24, 2.45) is 5.10 Å². The molecule has 138 valence electrons. The highest BCUT2D eigenvalue weighted by Gasteiger charge is 2.25. The van der Waals surface area contributed by atoms with E-state index in [9.17, 15) is 14.4 Å². The third kappa shape index (κ3) is 4.20. The van der Waals surface area contributed by atoms with E-state index in [0.717, 1.165) is 0 Å². The van der Waals surface area contributed by atoms with Crippen LogP contribution in [0.1, 0.15) is 23.2 Å². The minimum Gasteiger partial charge on any atom is -0.345 e. The van der Waals surface area contributed by atoms with Crippen LogP contribution in [0, 0.1) is 0 Å². The van der Waals surface area contributed by atoms with Crippen LogP contribution in [-0.4, -0.2) is 42.4 Å². The van der Waals surface area contributed by atoms with Gasteiger partial charge in [-0.1, -0.05) is 24.3 Å². The van der Waals surface area contributed by atoms with Gasteiger partial charge in [-0.25, -0.2) is 5.01 Å². The molecule has 0 spiro atoms. The van der Waals surface area contributed by atoms with Crippen LogP contribution in [-0.2, 0) is 9.59 Å². The minimum absolute atomic E-state index is 0.151. The predicted molar refractivity (Wildman–Crippen MR) is 104 cm³/mol. The van der Waals surface area contributed by atoms with Crippen LogP contribution in [0.15, 0.2) is 59.7 Å². The summed E-state index contributed by atoms with van der Waals surface area (Å²) in [6.07, 6.45) is 0.477. The second kappa shape index (κ2) is 7.82. The Hall–Kier alpha value is -3.48. The molecule has 1 N–H and O–H groups in total. The van der Waals surface area contributed by atoms with Gasteiger partial charge < -0.3 is 10.2 Å². The summed E-state index contributed by atoms with van der Waals surface area (Å²) in [4.78, 5) is 38.3. The zero-order valence-corrected chi connectivity index (χ0v) is 15.2. The maximum absolute atomic E-state index is 12.6. The monoisotopic (exact) mass is 364 g/mol. The zero-order chi connectivity index (χ0) is 19.4. The first-order valence-electron chi connectivity index (χ1n) is 8.54. The van der Waals surface area contributed by atoms with E-state index < -0.39 is 5.91 Å². The molecule has 0 fully saturated rings. The molecule has 7 nitrogen and oxygen atoms in total. The fourth-order valence-electron chi connectivity index (χ4n) is 2.68. The Bertz CT molecular complexity index is 906. The largest absolute Gasteiger partial charge is 0.345 e. The number of para-hydroxylation sites is 1. The smallest absolute Gasteiger partial charge is 0.271 e. The maximum Gasteiger partial charge on any atom is 0.271 e. The number of hydrogen-bond acceptors (Lipinski definition) is 4. The summed E-state index contributed by atoms with van der Waals surface area (Å²) >= 11 is 0. The number of hydrogen-bond donors (Lipinski definition) is 1. The van der Waals surface area contributed by atoms with Crippen molar-refractivity contribution in [3.8, 4) is 0 Å². The normalized spacial score (nSPS) is 13.8. The number of nitrogens with zero attached hydrogens (tertiary/aromatic N) is 3. The van der Waals surface area contributed by atoms with E-state index in [1.807, 2.05) is 6.07 Å². The quantitative estimate of drug-likeness (QED) is 0.905. The molecule has 0 saturated heterocycles. The first-order valence-corrected chi connectivity index (χ1v) is 8.54. The minimum atomic E-state index is -0.391. The number of carbonyl (C=O) groups is 3. The van der Waals surface area contributed by atoms with E-state index in [4.69, 9.17) is 0 Å². The van der Waals surface area contributed by atoms with E-state index >= 15 is 0 Å². The molecule has 3 rings (SSSR count). The molecular formula is C20H20N4O3. The molecule has 0 bridgehead atoms. The molecule has 0 aromatic heterocycles. The molecule has 7 heteroatoms. The van der Waals surface area contributed by atoms with Gasteiger partial charge in [0.15, 0.2) is 0 Å². The van der Waals surface area contributed by atoms with Crippen LogP contribution in [0.3, 0.4) is 0 Å². The van der Waals surface area contributed by atoms with E-state index in [1.54, 1.807) is 62.6 Å². The molecule has 0 atom stereocenters. The topological polar surface area (TPSA) is 82.1 Å². The summed E-state index contributed by atoms with van der Waals surface area (Å²) in [5.74, 6) is -0.698. The van der Waals surface area contributed by atoms with Gasteiger partial charge in [-0.2, -0.15) is 5.10 Å². The molecular weight excluding hydrogens is 344 g/mol. The average Bonchev–Trinajstić information content (AvgIpc) is 2.68. The zero-order valence-electron chi connectivity index (χ0n) is 15.2. The summed E-state index contributed by atoms with van der Waals surface area (Å²) in [7, 11) is 3.33. The van der Waals surface area contributed by atoms with Crippen molar-refractivity contribution in [2.75, 3.05) is 24.4 Å². The van der Waals surface area contributed by atoms with Crippen LogP contribution < -0.4 is 10.3 Å². The molecule has 1 aliphatic rings. The van der Waals surface area contributed by atoms with Crippen molar-refractivity contribution in [1.29, 1.82) is 0 Å². The Labute approximate surface area is 157 Å². The number of amides is 3. The van der Waals surface area contributed by atoms with Gasteiger partial charge in [0, 0.05) is 38.2 Å². The van der Waals surface area contributed by atoms with Gasteiger partial charge in [-0.15, -0.1) is 0 Å². The number of nitrogens with one attached hydrogen (secondary N) is 1. The molecule has 1 aliphatic heterocycles. The first kappa shape index (κ1) is 18.3. The Morgan fingerprint density at radius 2 is 1.78 bits per heavy atom. The van der Waals surface area contributed by atoms with Gasteiger partial charge in [-0.05, 0) is 30.3 Å². The summed E-state index contributed by atoms with van der Waals surface area (Å²) in [6, 6.07) is 15.7. The first-order chi connectivity index (χ1) is 13.0. The number of hydrazone groups is 1. The second-order valence-corrected chi connectivity index (χ2v) is 6.32. The second-order valence-electron chi connectivity index (χ2n) is 6.32. The summed E-state index contributed by atoms with van der Waals surface area (Å²) in [6.45, 7) is 0. The fourth-order valence-corrected chi connectivity index (χ4v) is 2.68. The lowest BCUT2D eigenvalue weighted by Gasteiger charge is -2.23. The summed E-state index contributed by atoms with van der Waals surface area (Å²) in [5, 5.41) is 8.24. The van der Waals surface area contributed by atoms with E-state index in [2.05, 4.69) is 10.4 Å². The number of rotatable bonds is 4. The van der Waals surface area contributed by atoms with Gasteiger partial charge >= 0.3 is 0 Å². The van der Waals surface area contributed by atoms with Gasteiger partial charge in [-0.3, -0.25) is 14.4 Å². The average molecular weight is 364 g/mol. The molecule has 0 radical (unpaired) electrons. The lowest BCUT2D eigenvalue weighted by atomic mass is 10.1. The van der Waals surface area contributed by atoms with Crippen molar-refractivity contribution >= 4 is 34.8 Å². The Morgan fingerprint density at radius 1 is 1.04 bits per heavy atom. The van der Waals surface area contributed by atoms with Gasteiger partial charge in [0.25, 0.3) is 11.8 Å². The summed E-state index contributed by atoms with van der Waals surface area (Å²) < 4.78 is 0.